The van der Waals surface area contributed by atoms with Crippen molar-refractivity contribution in [2.45, 2.75) is 31.2 Å². The maximum absolute atomic E-state index is 13.4. The number of halogens is 1. The Morgan fingerprint density at radius 2 is 1.71 bits per heavy atom. The highest BCUT2D eigenvalue weighted by molar-refractivity contribution is 7.92. The van der Waals surface area contributed by atoms with Crippen LogP contribution in [0.5, 0.6) is 0 Å². The van der Waals surface area contributed by atoms with Gasteiger partial charge in [0.25, 0.3) is 10.0 Å². The van der Waals surface area contributed by atoms with E-state index < -0.39 is 10.0 Å². The largest absolute Gasteiger partial charge is 0.371 e. The zero-order valence-corrected chi connectivity index (χ0v) is 21.3. The van der Waals surface area contributed by atoms with Crippen molar-refractivity contribution in [1.82, 2.24) is 5.32 Å². The minimum absolute atomic E-state index is 0.0705. The zero-order chi connectivity index (χ0) is 24.8. The molecule has 1 N–H and O–H groups in total. The lowest BCUT2D eigenvalue weighted by molar-refractivity contribution is -0.119. The number of piperidine rings is 1. The van der Waals surface area contributed by atoms with Gasteiger partial charge in [0.05, 0.1) is 10.6 Å². The number of hydrogen-bond acceptors (Lipinski definition) is 4. The van der Waals surface area contributed by atoms with E-state index in [0.717, 1.165) is 23.0 Å². The molecule has 1 amide bonds. The van der Waals surface area contributed by atoms with E-state index in [9.17, 15) is 13.2 Å². The number of benzene rings is 3. The van der Waals surface area contributed by atoms with Crippen molar-refractivity contribution >= 4 is 38.9 Å². The standard InChI is InChI=1S/C27H30ClN3O3S/c1-21-6-5-17-30(19-21)24-13-9-22(10-14-24)18-29-27(32)20-31(25-7-3-2-4-8-25)35(33,34)26-15-11-23(28)12-16-26/h2-4,7-16,21H,5-6,17-20H2,1H3,(H,29,32). The molecule has 0 aliphatic carbocycles. The average molecular weight is 512 g/mol. The first-order valence-electron chi connectivity index (χ1n) is 11.8. The van der Waals surface area contributed by atoms with Crippen molar-refractivity contribution in [3.63, 3.8) is 0 Å². The van der Waals surface area contributed by atoms with Gasteiger partial charge < -0.3 is 10.2 Å². The molecule has 6 nitrogen and oxygen atoms in total. The highest BCUT2D eigenvalue weighted by Gasteiger charge is 2.27. The van der Waals surface area contributed by atoms with Gasteiger partial charge in [0.15, 0.2) is 0 Å². The first-order valence-corrected chi connectivity index (χ1v) is 13.6. The number of nitrogens with zero attached hydrogens (tertiary/aromatic N) is 2. The summed E-state index contributed by atoms with van der Waals surface area (Å²) in [5.41, 5.74) is 2.56. The predicted molar refractivity (Wildman–Crippen MR) is 141 cm³/mol. The Labute approximate surface area is 212 Å². The molecule has 0 aromatic heterocycles. The summed E-state index contributed by atoms with van der Waals surface area (Å²) in [6, 6.07) is 22.7. The Morgan fingerprint density at radius 1 is 1.03 bits per heavy atom. The average Bonchev–Trinajstić information content (AvgIpc) is 2.87. The van der Waals surface area contributed by atoms with Gasteiger partial charge in [0.1, 0.15) is 6.54 Å². The van der Waals surface area contributed by atoms with Crippen LogP contribution < -0.4 is 14.5 Å². The third-order valence-electron chi connectivity index (χ3n) is 6.18. The fraction of sp³-hybridized carbons (Fsp3) is 0.296. The Bertz CT molecular complexity index is 1230. The van der Waals surface area contributed by atoms with Crippen LogP contribution in [0, 0.1) is 5.92 Å². The number of anilines is 2. The first kappa shape index (κ1) is 25.1. The van der Waals surface area contributed by atoms with E-state index in [0.29, 0.717) is 23.2 Å². The highest BCUT2D eigenvalue weighted by atomic mass is 35.5. The molecule has 3 aromatic rings. The van der Waals surface area contributed by atoms with Crippen molar-refractivity contribution in [1.29, 1.82) is 0 Å². The minimum atomic E-state index is -3.96. The smallest absolute Gasteiger partial charge is 0.264 e. The highest BCUT2D eigenvalue weighted by Crippen LogP contribution is 2.25. The molecule has 1 saturated heterocycles. The molecule has 1 aliphatic rings. The Balaban J connectivity index is 1.43. The number of rotatable bonds is 8. The van der Waals surface area contributed by atoms with Gasteiger partial charge >= 0.3 is 0 Å². The maximum Gasteiger partial charge on any atom is 0.264 e. The Morgan fingerprint density at radius 3 is 2.37 bits per heavy atom. The molecule has 1 atom stereocenters. The Kier molecular flexibility index (Phi) is 7.98. The van der Waals surface area contributed by atoms with Crippen molar-refractivity contribution in [2.24, 2.45) is 5.92 Å². The van der Waals surface area contributed by atoms with Crippen LogP contribution in [0.4, 0.5) is 11.4 Å². The molecule has 184 valence electrons. The molecule has 1 aliphatic heterocycles. The lowest BCUT2D eigenvalue weighted by Crippen LogP contribution is -2.40. The molecule has 0 spiro atoms. The third kappa shape index (κ3) is 6.35. The van der Waals surface area contributed by atoms with Crippen LogP contribution in [0.3, 0.4) is 0 Å². The molecule has 4 rings (SSSR count). The second kappa shape index (κ2) is 11.1. The number of para-hydroxylation sites is 1. The third-order valence-corrected chi connectivity index (χ3v) is 8.22. The second-order valence-electron chi connectivity index (χ2n) is 8.94. The fourth-order valence-electron chi connectivity index (χ4n) is 4.28. The van der Waals surface area contributed by atoms with Gasteiger partial charge in [-0.15, -0.1) is 0 Å². The van der Waals surface area contributed by atoms with E-state index in [2.05, 4.69) is 29.3 Å². The van der Waals surface area contributed by atoms with E-state index in [1.165, 1.54) is 42.8 Å². The molecular formula is C27H30ClN3O3S. The maximum atomic E-state index is 13.4. The van der Waals surface area contributed by atoms with Crippen LogP contribution in [0.15, 0.2) is 83.8 Å². The van der Waals surface area contributed by atoms with Crippen LogP contribution in [0.2, 0.25) is 5.02 Å². The molecule has 1 unspecified atom stereocenters. The quantitative estimate of drug-likeness (QED) is 0.457. The summed E-state index contributed by atoms with van der Waals surface area (Å²) in [5.74, 6) is 0.305. The number of carbonyl (C=O) groups is 1. The molecule has 35 heavy (non-hydrogen) atoms. The first-order chi connectivity index (χ1) is 16.8. The van der Waals surface area contributed by atoms with E-state index in [-0.39, 0.29) is 17.3 Å². The van der Waals surface area contributed by atoms with Crippen LogP contribution in [-0.2, 0) is 21.4 Å². The van der Waals surface area contributed by atoms with Crippen LogP contribution in [0.1, 0.15) is 25.3 Å². The minimum Gasteiger partial charge on any atom is -0.371 e. The summed E-state index contributed by atoms with van der Waals surface area (Å²) >= 11 is 5.93. The molecule has 8 heteroatoms. The number of sulfonamides is 1. The van der Waals surface area contributed by atoms with Gasteiger partial charge in [-0.1, -0.05) is 48.9 Å². The number of carbonyl (C=O) groups excluding carboxylic acids is 1. The number of nitrogens with one attached hydrogen (secondary N) is 1. The summed E-state index contributed by atoms with van der Waals surface area (Å²) < 4.78 is 27.8. The summed E-state index contributed by atoms with van der Waals surface area (Å²) in [5, 5.41) is 3.30. The lowest BCUT2D eigenvalue weighted by atomic mass is 9.99. The van der Waals surface area contributed by atoms with Gasteiger partial charge in [-0.3, -0.25) is 9.10 Å². The van der Waals surface area contributed by atoms with Crippen molar-refractivity contribution in [3.8, 4) is 0 Å². The summed E-state index contributed by atoms with van der Waals surface area (Å²) in [6.45, 7) is 4.39. The Hall–Kier alpha value is -3.03. The van der Waals surface area contributed by atoms with Crippen LogP contribution >= 0.6 is 11.6 Å². The number of amides is 1. The predicted octanol–water partition coefficient (Wildman–Crippen LogP) is 5.09. The fourth-order valence-corrected chi connectivity index (χ4v) is 5.83. The van der Waals surface area contributed by atoms with Crippen LogP contribution in [-0.4, -0.2) is 34.0 Å². The van der Waals surface area contributed by atoms with E-state index >= 15 is 0 Å². The molecular weight excluding hydrogens is 482 g/mol. The van der Waals surface area contributed by atoms with E-state index in [4.69, 9.17) is 11.6 Å². The van der Waals surface area contributed by atoms with Crippen molar-refractivity contribution in [2.75, 3.05) is 28.8 Å². The summed E-state index contributed by atoms with van der Waals surface area (Å²) in [7, 11) is -3.96. The topological polar surface area (TPSA) is 69.7 Å². The van der Waals surface area contributed by atoms with Gasteiger partial charge in [0.2, 0.25) is 5.91 Å². The second-order valence-corrected chi connectivity index (χ2v) is 11.2. The summed E-state index contributed by atoms with van der Waals surface area (Å²) in [4.78, 5) is 15.3. The van der Waals surface area contributed by atoms with Crippen molar-refractivity contribution < 1.29 is 13.2 Å². The molecule has 1 heterocycles. The van der Waals surface area contributed by atoms with Gasteiger partial charge in [-0.2, -0.15) is 0 Å². The van der Waals surface area contributed by atoms with Crippen molar-refractivity contribution in [3.05, 3.63) is 89.4 Å². The van der Waals surface area contributed by atoms with E-state index in [1.54, 1.807) is 30.3 Å². The summed E-state index contributed by atoms with van der Waals surface area (Å²) in [6.07, 6.45) is 2.48. The number of hydrogen-bond donors (Lipinski definition) is 1. The van der Waals surface area contributed by atoms with Gasteiger partial charge in [-0.05, 0) is 72.9 Å². The van der Waals surface area contributed by atoms with Gasteiger partial charge in [0, 0.05) is 30.3 Å². The zero-order valence-electron chi connectivity index (χ0n) is 19.7. The normalized spacial score (nSPS) is 16.1. The van der Waals surface area contributed by atoms with E-state index in [1.807, 2.05) is 12.1 Å². The monoisotopic (exact) mass is 511 g/mol. The van der Waals surface area contributed by atoms with Gasteiger partial charge in [-0.25, -0.2) is 8.42 Å². The lowest BCUT2D eigenvalue weighted by Gasteiger charge is -2.32. The molecule has 0 radical (unpaired) electrons. The molecule has 0 saturated carbocycles. The molecule has 3 aromatic carbocycles. The molecule has 0 bridgehead atoms. The van der Waals surface area contributed by atoms with Crippen LogP contribution in [0.25, 0.3) is 0 Å². The SMILES string of the molecule is CC1CCCN(c2ccc(CNC(=O)CN(c3ccccc3)S(=O)(=O)c3ccc(Cl)cc3)cc2)C1. The molecule has 1 fully saturated rings.